The zero-order valence-electron chi connectivity index (χ0n) is 16.6. The van der Waals surface area contributed by atoms with E-state index >= 15 is 0 Å². The van der Waals surface area contributed by atoms with E-state index in [2.05, 4.69) is 0 Å². The maximum Gasteiger partial charge on any atom is 0.193 e. The predicted molar refractivity (Wildman–Crippen MR) is 109 cm³/mol. The number of rotatable bonds is 6. The first-order valence-corrected chi connectivity index (χ1v) is 9.07. The van der Waals surface area contributed by atoms with Gasteiger partial charge in [0.25, 0.3) is 0 Å². The molecule has 0 saturated heterocycles. The van der Waals surface area contributed by atoms with E-state index in [9.17, 15) is 4.79 Å². The van der Waals surface area contributed by atoms with E-state index in [0.29, 0.717) is 17.1 Å². The van der Waals surface area contributed by atoms with E-state index in [1.807, 2.05) is 45.9 Å². The van der Waals surface area contributed by atoms with Crippen molar-refractivity contribution in [3.05, 3.63) is 47.5 Å². The maximum atomic E-state index is 12.9. The minimum absolute atomic E-state index is 0. The van der Waals surface area contributed by atoms with Crippen LogP contribution in [0.25, 0.3) is 0 Å². The first-order chi connectivity index (χ1) is 11.7. The molecule has 0 aliphatic heterocycles. The van der Waals surface area contributed by atoms with Gasteiger partial charge in [-0.25, -0.2) is 0 Å². The second kappa shape index (κ2) is 9.47. The standard InChI is InChI=1S/C20H25O4P.Li/c1-13-12-14(24-20(2,3)4)10-11-17(13)25-19(21)18-15(22-5)8-7-9-16(18)23-6;/h7-12,25H,1-6H3;. The van der Waals surface area contributed by atoms with Gasteiger partial charge in [-0.1, -0.05) is 12.1 Å². The molecule has 0 amide bonds. The molecular formula is C20H25LiO4P. The molecule has 4 nitrogen and oxygen atoms in total. The van der Waals surface area contributed by atoms with Crippen LogP contribution in [0, 0.1) is 6.92 Å². The van der Waals surface area contributed by atoms with Crippen LogP contribution in [-0.4, -0.2) is 44.2 Å². The number of methoxy groups -OCH3 is 2. The Balaban J connectivity index is 0.00000338. The summed E-state index contributed by atoms with van der Waals surface area (Å²) in [5.41, 5.74) is 1.25. The molecule has 0 heterocycles. The summed E-state index contributed by atoms with van der Waals surface area (Å²) in [5.74, 6) is 1.87. The number of ether oxygens (including phenoxy) is 3. The molecule has 6 heteroatoms. The van der Waals surface area contributed by atoms with E-state index in [4.69, 9.17) is 14.2 Å². The van der Waals surface area contributed by atoms with Gasteiger partial charge in [-0.05, 0) is 71.4 Å². The van der Waals surface area contributed by atoms with Crippen molar-refractivity contribution in [1.82, 2.24) is 0 Å². The quantitative estimate of drug-likeness (QED) is 0.573. The summed E-state index contributed by atoms with van der Waals surface area (Å²) in [7, 11) is 3.09. The molecule has 0 fully saturated rings. The summed E-state index contributed by atoms with van der Waals surface area (Å²) >= 11 is 0. The number of carbonyl (C=O) groups excluding carboxylic acids is 1. The normalized spacial score (nSPS) is 11.2. The molecule has 0 aliphatic carbocycles. The Hall–Kier alpha value is -1.46. The Morgan fingerprint density at radius 2 is 1.58 bits per heavy atom. The van der Waals surface area contributed by atoms with Crippen molar-refractivity contribution in [2.45, 2.75) is 33.3 Å². The zero-order chi connectivity index (χ0) is 18.6. The van der Waals surface area contributed by atoms with Crippen LogP contribution in [0.1, 0.15) is 36.7 Å². The molecule has 0 bridgehead atoms. The van der Waals surface area contributed by atoms with Crippen LogP contribution < -0.4 is 19.5 Å². The minimum atomic E-state index is -0.253. The van der Waals surface area contributed by atoms with Crippen molar-refractivity contribution in [3.8, 4) is 17.2 Å². The van der Waals surface area contributed by atoms with Gasteiger partial charge in [0, 0.05) is 18.9 Å². The van der Waals surface area contributed by atoms with Crippen LogP contribution in [0.15, 0.2) is 36.4 Å². The Morgan fingerprint density at radius 1 is 1.00 bits per heavy atom. The van der Waals surface area contributed by atoms with Crippen LogP contribution >= 0.6 is 8.58 Å². The van der Waals surface area contributed by atoms with Gasteiger partial charge in [-0.3, -0.25) is 4.79 Å². The molecule has 2 aromatic carbocycles. The molecule has 2 rings (SSSR count). The van der Waals surface area contributed by atoms with Gasteiger partial charge in [0.15, 0.2) is 5.52 Å². The third-order valence-corrected chi connectivity index (χ3v) is 4.83. The fraction of sp³-hybridized carbons (Fsp3) is 0.350. The van der Waals surface area contributed by atoms with E-state index in [1.165, 1.54) is 0 Å². The van der Waals surface area contributed by atoms with Crippen molar-refractivity contribution in [3.63, 3.8) is 0 Å². The number of hydrogen-bond acceptors (Lipinski definition) is 4. The number of benzene rings is 2. The van der Waals surface area contributed by atoms with Crippen LogP contribution in [0.4, 0.5) is 0 Å². The van der Waals surface area contributed by atoms with Crippen LogP contribution in [0.5, 0.6) is 17.2 Å². The van der Waals surface area contributed by atoms with Crippen molar-refractivity contribution in [1.29, 1.82) is 0 Å². The average Bonchev–Trinajstić information content (AvgIpc) is 2.54. The fourth-order valence-electron chi connectivity index (χ4n) is 2.45. The monoisotopic (exact) mass is 367 g/mol. The molecule has 0 aromatic heterocycles. The summed E-state index contributed by atoms with van der Waals surface area (Å²) in [5, 5.41) is 0.985. The van der Waals surface area contributed by atoms with Crippen molar-refractivity contribution in [2.24, 2.45) is 0 Å². The SMILES string of the molecule is COc1cccc(OC)c1C(=O)Pc1ccc(OC(C)(C)C)cc1C.[Li]. The van der Waals surface area contributed by atoms with Crippen molar-refractivity contribution >= 4 is 38.3 Å². The number of hydrogen-bond donors (Lipinski definition) is 0. The Labute approximate surface area is 169 Å². The van der Waals surface area contributed by atoms with E-state index < -0.39 is 0 Å². The van der Waals surface area contributed by atoms with Gasteiger partial charge in [-0.15, -0.1) is 0 Å². The number of aryl methyl sites for hydroxylation is 1. The first kappa shape index (κ1) is 22.6. The Bertz CT molecular complexity index is 747. The molecule has 26 heavy (non-hydrogen) atoms. The average molecular weight is 367 g/mol. The van der Waals surface area contributed by atoms with Crippen molar-refractivity contribution in [2.75, 3.05) is 14.2 Å². The summed E-state index contributed by atoms with van der Waals surface area (Å²) in [6.07, 6.45) is 0. The summed E-state index contributed by atoms with van der Waals surface area (Å²) < 4.78 is 16.5. The van der Waals surface area contributed by atoms with Gasteiger partial charge in [0.05, 0.1) is 14.2 Å². The van der Waals surface area contributed by atoms with E-state index in [-0.39, 0.29) is 38.6 Å². The third-order valence-electron chi connectivity index (χ3n) is 3.52. The zero-order valence-corrected chi connectivity index (χ0v) is 17.6. The largest absolute Gasteiger partial charge is 0.496 e. The molecule has 135 valence electrons. The fourth-order valence-corrected chi connectivity index (χ4v) is 3.51. The molecule has 0 aliphatic rings. The molecule has 1 unspecified atom stereocenters. The molecule has 0 spiro atoms. The topological polar surface area (TPSA) is 44.8 Å². The molecule has 0 saturated carbocycles. The van der Waals surface area contributed by atoms with Crippen molar-refractivity contribution < 1.29 is 19.0 Å². The van der Waals surface area contributed by atoms with E-state index in [0.717, 1.165) is 16.6 Å². The summed E-state index contributed by atoms with van der Waals surface area (Å²) in [6, 6.07) is 11.2. The first-order valence-electron chi connectivity index (χ1n) is 8.07. The Kier molecular flexibility index (Phi) is 8.22. The van der Waals surface area contributed by atoms with Gasteiger partial charge in [0.2, 0.25) is 0 Å². The molecular weight excluding hydrogens is 342 g/mol. The van der Waals surface area contributed by atoms with E-state index in [1.54, 1.807) is 32.4 Å². The maximum absolute atomic E-state index is 12.9. The van der Waals surface area contributed by atoms with Crippen LogP contribution in [0.3, 0.4) is 0 Å². The molecule has 1 atom stereocenters. The molecule has 2 aromatic rings. The van der Waals surface area contributed by atoms with Gasteiger partial charge >= 0.3 is 0 Å². The third kappa shape index (κ3) is 5.78. The molecule has 0 N–H and O–H groups in total. The second-order valence-corrected chi connectivity index (χ2v) is 7.93. The summed E-state index contributed by atoms with van der Waals surface area (Å²) in [6.45, 7) is 8.02. The summed E-state index contributed by atoms with van der Waals surface area (Å²) in [4.78, 5) is 12.9. The van der Waals surface area contributed by atoms with Crippen LogP contribution in [0.2, 0.25) is 0 Å². The van der Waals surface area contributed by atoms with Gasteiger partial charge in [0.1, 0.15) is 28.4 Å². The smallest absolute Gasteiger partial charge is 0.193 e. The minimum Gasteiger partial charge on any atom is -0.496 e. The second-order valence-electron chi connectivity index (χ2n) is 6.68. The Morgan fingerprint density at radius 3 is 2.04 bits per heavy atom. The number of carbonyl (C=O) groups is 1. The molecule has 1 radical (unpaired) electrons. The van der Waals surface area contributed by atoms with Gasteiger partial charge in [-0.2, -0.15) is 0 Å². The van der Waals surface area contributed by atoms with Crippen LogP contribution in [-0.2, 0) is 0 Å². The predicted octanol–water partition coefficient (Wildman–Crippen LogP) is 3.95. The van der Waals surface area contributed by atoms with Gasteiger partial charge < -0.3 is 14.2 Å².